The number of unbranched alkanes of at least 4 members (excludes halogenated alkanes) is 1. The lowest BCUT2D eigenvalue weighted by Gasteiger charge is -2.34. The van der Waals surface area contributed by atoms with Crippen molar-refractivity contribution in [3.63, 3.8) is 0 Å². The van der Waals surface area contributed by atoms with Gasteiger partial charge in [0.15, 0.2) is 0 Å². The first-order valence-electron chi connectivity index (χ1n) is 15.2. The number of amides is 2. The molecule has 0 aromatic heterocycles. The molecule has 0 aliphatic carbocycles. The summed E-state index contributed by atoms with van der Waals surface area (Å²) in [6.45, 7) is 3.77. The van der Waals surface area contributed by atoms with Gasteiger partial charge in [-0.05, 0) is 54.8 Å². The summed E-state index contributed by atoms with van der Waals surface area (Å²) in [5, 5.41) is 3.42. The molecule has 0 heterocycles. The van der Waals surface area contributed by atoms with Crippen LogP contribution in [-0.2, 0) is 32.6 Å². The third kappa shape index (κ3) is 8.89. The number of benzene rings is 4. The average molecular weight is 662 g/mol. The van der Waals surface area contributed by atoms with Crippen molar-refractivity contribution in [2.75, 3.05) is 24.5 Å². The molecule has 46 heavy (non-hydrogen) atoms. The number of rotatable bonds is 15. The Morgan fingerprint density at radius 3 is 2.28 bits per heavy atom. The van der Waals surface area contributed by atoms with E-state index in [2.05, 4.69) is 5.32 Å². The number of methoxy groups -OCH3 is 1. The lowest BCUT2D eigenvalue weighted by Crippen LogP contribution is -2.53. The number of carbonyl (C=O) groups is 2. The standard InChI is InChI=1S/C36H40ClN3O5S/c1-4-5-22-38-36(42)34(23-28-12-7-6-8-13-28)39(25-29-14-9-10-17-33(29)37)35(41)26-40(30-15-11-16-31(24-30)45-3)46(43,44)32-20-18-27(2)19-21-32/h6-21,24,34H,4-5,22-23,25-26H2,1-3H3,(H,38,42). The highest BCUT2D eigenvalue weighted by Crippen LogP contribution is 2.28. The molecule has 10 heteroatoms. The van der Waals surface area contributed by atoms with Gasteiger partial charge in [-0.3, -0.25) is 13.9 Å². The summed E-state index contributed by atoms with van der Waals surface area (Å²) in [6.07, 6.45) is 1.89. The third-order valence-corrected chi connectivity index (χ3v) is 9.79. The first-order chi connectivity index (χ1) is 22.1. The van der Waals surface area contributed by atoms with Gasteiger partial charge in [0.2, 0.25) is 11.8 Å². The Morgan fingerprint density at radius 2 is 1.61 bits per heavy atom. The molecule has 1 unspecified atom stereocenters. The van der Waals surface area contributed by atoms with E-state index in [1.165, 1.54) is 24.1 Å². The van der Waals surface area contributed by atoms with E-state index in [-0.39, 0.29) is 29.5 Å². The molecule has 1 N–H and O–H groups in total. The number of nitrogens with one attached hydrogen (secondary N) is 1. The summed E-state index contributed by atoms with van der Waals surface area (Å²) in [7, 11) is -2.74. The summed E-state index contributed by atoms with van der Waals surface area (Å²) in [5.74, 6) is -0.462. The molecule has 1 atom stereocenters. The fraction of sp³-hybridized carbons (Fsp3) is 0.278. The van der Waals surface area contributed by atoms with Crippen LogP contribution in [0, 0.1) is 6.92 Å². The normalized spacial score (nSPS) is 11.8. The minimum absolute atomic E-state index is 0.00622. The lowest BCUT2D eigenvalue weighted by molar-refractivity contribution is -0.140. The van der Waals surface area contributed by atoms with Gasteiger partial charge < -0.3 is 15.0 Å². The minimum Gasteiger partial charge on any atom is -0.497 e. The highest BCUT2D eigenvalue weighted by molar-refractivity contribution is 7.92. The van der Waals surface area contributed by atoms with Crippen LogP contribution in [0.4, 0.5) is 5.69 Å². The number of ether oxygens (including phenoxy) is 1. The zero-order valence-corrected chi connectivity index (χ0v) is 27.9. The smallest absolute Gasteiger partial charge is 0.264 e. The van der Waals surface area contributed by atoms with Gasteiger partial charge in [0.25, 0.3) is 10.0 Å². The van der Waals surface area contributed by atoms with Crippen molar-refractivity contribution in [1.29, 1.82) is 0 Å². The molecule has 0 saturated carbocycles. The van der Waals surface area contributed by atoms with Crippen molar-refractivity contribution in [1.82, 2.24) is 10.2 Å². The van der Waals surface area contributed by atoms with Gasteiger partial charge in [-0.1, -0.05) is 97.2 Å². The molecule has 0 bridgehead atoms. The number of anilines is 1. The molecule has 0 fully saturated rings. The summed E-state index contributed by atoms with van der Waals surface area (Å²) >= 11 is 6.56. The molecule has 0 radical (unpaired) electrons. The summed E-state index contributed by atoms with van der Waals surface area (Å²) < 4.78 is 34.8. The molecule has 0 spiro atoms. The highest BCUT2D eigenvalue weighted by Gasteiger charge is 2.35. The van der Waals surface area contributed by atoms with Crippen molar-refractivity contribution < 1.29 is 22.7 Å². The molecule has 0 saturated heterocycles. The maximum atomic E-state index is 14.6. The fourth-order valence-electron chi connectivity index (χ4n) is 5.00. The molecular formula is C36H40ClN3O5S. The van der Waals surface area contributed by atoms with Gasteiger partial charge in [-0.2, -0.15) is 0 Å². The van der Waals surface area contributed by atoms with Gasteiger partial charge in [0.1, 0.15) is 18.3 Å². The predicted octanol–water partition coefficient (Wildman–Crippen LogP) is 6.41. The van der Waals surface area contributed by atoms with Crippen LogP contribution in [0.2, 0.25) is 5.02 Å². The van der Waals surface area contributed by atoms with Gasteiger partial charge in [0.05, 0.1) is 17.7 Å². The first kappa shape index (κ1) is 34.5. The Bertz CT molecular complexity index is 1720. The van der Waals surface area contributed by atoms with Crippen molar-refractivity contribution in [2.45, 2.75) is 50.6 Å². The summed E-state index contributed by atoms with van der Waals surface area (Å²) in [4.78, 5) is 29.9. The number of carbonyl (C=O) groups excluding carboxylic acids is 2. The van der Waals surface area contributed by atoms with Crippen LogP contribution in [0.1, 0.15) is 36.5 Å². The summed E-state index contributed by atoms with van der Waals surface area (Å²) in [5.41, 5.74) is 2.63. The fourth-order valence-corrected chi connectivity index (χ4v) is 6.60. The summed E-state index contributed by atoms with van der Waals surface area (Å²) in [6, 6.07) is 28.6. The second kappa shape index (κ2) is 16.3. The van der Waals surface area contributed by atoms with E-state index in [9.17, 15) is 18.0 Å². The second-order valence-electron chi connectivity index (χ2n) is 11.0. The predicted molar refractivity (Wildman–Crippen MR) is 183 cm³/mol. The van der Waals surface area contributed by atoms with Crippen molar-refractivity contribution >= 4 is 39.1 Å². The number of hydrogen-bond donors (Lipinski definition) is 1. The minimum atomic E-state index is -4.22. The molecule has 2 amide bonds. The lowest BCUT2D eigenvalue weighted by atomic mass is 10.0. The Labute approximate surface area is 277 Å². The molecule has 0 aliphatic heterocycles. The number of hydrogen-bond acceptors (Lipinski definition) is 5. The van der Waals surface area contributed by atoms with Crippen LogP contribution in [0.25, 0.3) is 0 Å². The zero-order chi connectivity index (χ0) is 33.1. The van der Waals surface area contributed by atoms with Crippen LogP contribution in [0.3, 0.4) is 0 Å². The second-order valence-corrected chi connectivity index (χ2v) is 13.3. The molecular weight excluding hydrogens is 622 g/mol. The van der Waals surface area contributed by atoms with E-state index < -0.39 is 28.5 Å². The number of aryl methyl sites for hydroxylation is 1. The first-order valence-corrected chi connectivity index (χ1v) is 17.0. The molecule has 4 aromatic carbocycles. The van der Waals surface area contributed by atoms with E-state index >= 15 is 0 Å². The van der Waals surface area contributed by atoms with Crippen molar-refractivity contribution in [3.05, 3.63) is 125 Å². The van der Waals surface area contributed by atoms with Gasteiger partial charge in [-0.25, -0.2) is 8.42 Å². The van der Waals surface area contributed by atoms with E-state index in [0.717, 1.165) is 28.3 Å². The molecule has 0 aliphatic rings. The Balaban J connectivity index is 1.81. The maximum Gasteiger partial charge on any atom is 0.264 e. The van der Waals surface area contributed by atoms with E-state index in [1.54, 1.807) is 54.6 Å². The molecule has 242 valence electrons. The average Bonchev–Trinajstić information content (AvgIpc) is 3.06. The van der Waals surface area contributed by atoms with E-state index in [4.69, 9.17) is 16.3 Å². The van der Waals surface area contributed by atoms with Crippen LogP contribution in [0.5, 0.6) is 5.75 Å². The van der Waals surface area contributed by atoms with Crippen molar-refractivity contribution in [3.8, 4) is 5.75 Å². The Kier molecular flexibility index (Phi) is 12.2. The van der Waals surface area contributed by atoms with E-state index in [0.29, 0.717) is 22.9 Å². The topological polar surface area (TPSA) is 96.0 Å². The zero-order valence-electron chi connectivity index (χ0n) is 26.4. The van der Waals surface area contributed by atoms with Crippen LogP contribution >= 0.6 is 11.6 Å². The van der Waals surface area contributed by atoms with Gasteiger partial charge in [0, 0.05) is 30.6 Å². The van der Waals surface area contributed by atoms with Crippen LogP contribution in [-0.4, -0.2) is 51.4 Å². The SMILES string of the molecule is CCCCNC(=O)C(Cc1ccccc1)N(Cc1ccccc1Cl)C(=O)CN(c1cccc(OC)c1)S(=O)(=O)c1ccc(C)cc1. The number of sulfonamides is 1. The number of nitrogens with zero attached hydrogens (tertiary/aromatic N) is 2. The van der Waals surface area contributed by atoms with E-state index in [1.807, 2.05) is 50.2 Å². The van der Waals surface area contributed by atoms with Gasteiger partial charge in [-0.15, -0.1) is 0 Å². The molecule has 8 nitrogen and oxygen atoms in total. The number of halogens is 1. The van der Waals surface area contributed by atoms with Crippen molar-refractivity contribution in [2.24, 2.45) is 0 Å². The monoisotopic (exact) mass is 661 g/mol. The quantitative estimate of drug-likeness (QED) is 0.149. The highest BCUT2D eigenvalue weighted by atomic mass is 35.5. The maximum absolute atomic E-state index is 14.6. The molecule has 4 aromatic rings. The Hall–Kier alpha value is -4.34. The third-order valence-electron chi connectivity index (χ3n) is 7.63. The van der Waals surface area contributed by atoms with Gasteiger partial charge >= 0.3 is 0 Å². The van der Waals surface area contributed by atoms with Crippen LogP contribution in [0.15, 0.2) is 108 Å². The largest absolute Gasteiger partial charge is 0.497 e. The molecule has 4 rings (SSSR count). The van der Waals surface area contributed by atoms with Crippen LogP contribution < -0.4 is 14.4 Å². The Morgan fingerprint density at radius 1 is 0.913 bits per heavy atom.